The van der Waals surface area contributed by atoms with Gasteiger partial charge in [0.2, 0.25) is 0 Å². The van der Waals surface area contributed by atoms with Crippen LogP contribution in [0.25, 0.3) is 10.9 Å². The highest BCUT2D eigenvalue weighted by atomic mass is 16.5. The van der Waals surface area contributed by atoms with E-state index in [4.69, 9.17) is 4.74 Å². The first-order valence-corrected chi connectivity index (χ1v) is 6.09. The maximum Gasteiger partial charge on any atom is 0.267 e. The summed E-state index contributed by atoms with van der Waals surface area (Å²) in [5.41, 5.74) is 1.70. The third-order valence-corrected chi connectivity index (χ3v) is 3.02. The lowest BCUT2D eigenvalue weighted by molar-refractivity contribution is 0.0946. The lowest BCUT2D eigenvalue weighted by Gasteiger charge is -2.05. The van der Waals surface area contributed by atoms with Gasteiger partial charge in [0, 0.05) is 24.5 Å². The molecule has 2 aromatic rings. The Bertz CT molecular complexity index is 572. The van der Waals surface area contributed by atoms with Crippen molar-refractivity contribution in [2.24, 2.45) is 7.05 Å². The SMILES string of the molecule is CCCNC(=O)c1cc2cc(OC)ccc2n1C. The molecule has 0 saturated carbocycles. The molecule has 1 N–H and O–H groups in total. The summed E-state index contributed by atoms with van der Waals surface area (Å²) in [6.45, 7) is 2.73. The summed E-state index contributed by atoms with van der Waals surface area (Å²) in [6.07, 6.45) is 0.934. The number of benzene rings is 1. The Balaban J connectivity index is 2.40. The molecule has 1 amide bonds. The van der Waals surface area contributed by atoms with Crippen molar-refractivity contribution in [2.45, 2.75) is 13.3 Å². The maximum absolute atomic E-state index is 12.0. The van der Waals surface area contributed by atoms with E-state index >= 15 is 0 Å². The predicted molar refractivity (Wildman–Crippen MR) is 72.1 cm³/mol. The van der Waals surface area contributed by atoms with Gasteiger partial charge < -0.3 is 14.6 Å². The molecule has 4 nitrogen and oxygen atoms in total. The molecule has 0 aliphatic heterocycles. The zero-order valence-electron chi connectivity index (χ0n) is 11.0. The molecule has 1 heterocycles. The largest absolute Gasteiger partial charge is 0.497 e. The second kappa shape index (κ2) is 5.12. The quantitative estimate of drug-likeness (QED) is 0.899. The third kappa shape index (κ3) is 2.18. The highest BCUT2D eigenvalue weighted by molar-refractivity contribution is 5.98. The molecule has 0 saturated heterocycles. The van der Waals surface area contributed by atoms with Gasteiger partial charge >= 0.3 is 0 Å². The van der Waals surface area contributed by atoms with Crippen LogP contribution in [0.3, 0.4) is 0 Å². The van der Waals surface area contributed by atoms with Crippen LogP contribution in [-0.2, 0) is 7.05 Å². The Morgan fingerprint density at radius 2 is 2.17 bits per heavy atom. The molecule has 0 fully saturated rings. The molecular formula is C14H18N2O2. The Morgan fingerprint density at radius 1 is 1.39 bits per heavy atom. The zero-order valence-corrected chi connectivity index (χ0v) is 11.0. The number of aromatic nitrogens is 1. The Kier molecular flexibility index (Phi) is 3.55. The monoisotopic (exact) mass is 246 g/mol. The van der Waals surface area contributed by atoms with Gasteiger partial charge in [0.25, 0.3) is 5.91 Å². The van der Waals surface area contributed by atoms with Crippen molar-refractivity contribution in [1.82, 2.24) is 9.88 Å². The third-order valence-electron chi connectivity index (χ3n) is 3.02. The molecule has 96 valence electrons. The minimum atomic E-state index is -0.0329. The van der Waals surface area contributed by atoms with Crippen molar-refractivity contribution in [3.05, 3.63) is 30.0 Å². The molecule has 0 atom stereocenters. The number of nitrogens with zero attached hydrogens (tertiary/aromatic N) is 1. The van der Waals surface area contributed by atoms with E-state index in [-0.39, 0.29) is 5.91 Å². The Labute approximate surface area is 107 Å². The van der Waals surface area contributed by atoms with E-state index in [1.807, 2.05) is 42.8 Å². The molecule has 0 spiro atoms. The first-order valence-electron chi connectivity index (χ1n) is 6.09. The summed E-state index contributed by atoms with van der Waals surface area (Å²) < 4.78 is 7.09. The number of rotatable bonds is 4. The fourth-order valence-corrected chi connectivity index (χ4v) is 2.00. The van der Waals surface area contributed by atoms with Gasteiger partial charge in [-0.05, 0) is 30.7 Å². The number of amides is 1. The summed E-state index contributed by atoms with van der Waals surface area (Å²) in [7, 11) is 3.54. The molecule has 0 bridgehead atoms. The molecule has 2 rings (SSSR count). The molecule has 0 unspecified atom stereocenters. The van der Waals surface area contributed by atoms with Crippen LogP contribution >= 0.6 is 0 Å². The van der Waals surface area contributed by atoms with E-state index in [0.717, 1.165) is 23.1 Å². The highest BCUT2D eigenvalue weighted by Gasteiger charge is 2.12. The van der Waals surface area contributed by atoms with Crippen LogP contribution in [0.4, 0.5) is 0 Å². The molecule has 1 aromatic heterocycles. The van der Waals surface area contributed by atoms with Crippen LogP contribution in [0, 0.1) is 0 Å². The average molecular weight is 246 g/mol. The van der Waals surface area contributed by atoms with Gasteiger partial charge in [-0.1, -0.05) is 6.92 Å². The standard InChI is InChI=1S/C14H18N2O2/c1-4-7-15-14(17)13-9-10-8-11(18-3)5-6-12(10)16(13)2/h5-6,8-9H,4,7H2,1-3H3,(H,15,17). The van der Waals surface area contributed by atoms with E-state index in [9.17, 15) is 4.79 Å². The Hall–Kier alpha value is -1.97. The minimum absolute atomic E-state index is 0.0329. The number of carbonyl (C=O) groups excluding carboxylic acids is 1. The van der Waals surface area contributed by atoms with E-state index in [0.29, 0.717) is 12.2 Å². The van der Waals surface area contributed by atoms with Crippen LogP contribution in [0.5, 0.6) is 5.75 Å². The minimum Gasteiger partial charge on any atom is -0.497 e. The van der Waals surface area contributed by atoms with Crippen molar-refractivity contribution >= 4 is 16.8 Å². The van der Waals surface area contributed by atoms with Crippen LogP contribution in [-0.4, -0.2) is 24.1 Å². The molecule has 0 radical (unpaired) electrons. The van der Waals surface area contributed by atoms with E-state index in [1.54, 1.807) is 7.11 Å². The second-order valence-corrected chi connectivity index (χ2v) is 4.27. The van der Waals surface area contributed by atoms with Crippen molar-refractivity contribution in [2.75, 3.05) is 13.7 Å². The van der Waals surface area contributed by atoms with Gasteiger partial charge in [0.1, 0.15) is 11.4 Å². The van der Waals surface area contributed by atoms with Crippen molar-refractivity contribution < 1.29 is 9.53 Å². The van der Waals surface area contributed by atoms with Crippen LogP contribution < -0.4 is 10.1 Å². The lowest BCUT2D eigenvalue weighted by Crippen LogP contribution is -2.25. The summed E-state index contributed by atoms with van der Waals surface area (Å²) in [5.74, 6) is 0.767. The van der Waals surface area contributed by atoms with Gasteiger partial charge in [-0.25, -0.2) is 0 Å². The van der Waals surface area contributed by atoms with E-state index in [2.05, 4.69) is 5.32 Å². The van der Waals surface area contributed by atoms with Gasteiger partial charge in [-0.2, -0.15) is 0 Å². The molecule has 1 aromatic carbocycles. The average Bonchev–Trinajstić information content (AvgIpc) is 2.72. The summed E-state index contributed by atoms with van der Waals surface area (Å²) in [5, 5.41) is 3.90. The molecule has 0 aliphatic rings. The first-order chi connectivity index (χ1) is 8.67. The second-order valence-electron chi connectivity index (χ2n) is 4.27. The number of nitrogens with one attached hydrogen (secondary N) is 1. The maximum atomic E-state index is 12.0. The highest BCUT2D eigenvalue weighted by Crippen LogP contribution is 2.23. The van der Waals surface area contributed by atoms with Gasteiger partial charge in [0.15, 0.2) is 0 Å². The number of hydrogen-bond acceptors (Lipinski definition) is 2. The zero-order chi connectivity index (χ0) is 13.1. The number of aryl methyl sites for hydroxylation is 1. The fourth-order valence-electron chi connectivity index (χ4n) is 2.00. The molecule has 0 aliphatic carbocycles. The van der Waals surface area contributed by atoms with Gasteiger partial charge in [0.05, 0.1) is 7.11 Å². The normalized spacial score (nSPS) is 10.6. The van der Waals surface area contributed by atoms with Gasteiger partial charge in [-0.3, -0.25) is 4.79 Å². The van der Waals surface area contributed by atoms with Crippen molar-refractivity contribution in [3.8, 4) is 5.75 Å². The van der Waals surface area contributed by atoms with Crippen molar-refractivity contribution in [3.63, 3.8) is 0 Å². The van der Waals surface area contributed by atoms with E-state index in [1.165, 1.54) is 0 Å². The van der Waals surface area contributed by atoms with Crippen LogP contribution in [0.2, 0.25) is 0 Å². The summed E-state index contributed by atoms with van der Waals surface area (Å²) in [4.78, 5) is 12.0. The summed E-state index contributed by atoms with van der Waals surface area (Å²) >= 11 is 0. The smallest absolute Gasteiger partial charge is 0.267 e. The lowest BCUT2D eigenvalue weighted by atomic mass is 10.2. The Morgan fingerprint density at radius 3 is 2.83 bits per heavy atom. The van der Waals surface area contributed by atoms with E-state index < -0.39 is 0 Å². The molecular weight excluding hydrogens is 228 g/mol. The van der Waals surface area contributed by atoms with Crippen molar-refractivity contribution in [1.29, 1.82) is 0 Å². The number of hydrogen-bond donors (Lipinski definition) is 1. The topological polar surface area (TPSA) is 43.3 Å². The number of methoxy groups -OCH3 is 1. The molecule has 18 heavy (non-hydrogen) atoms. The fraction of sp³-hybridized carbons (Fsp3) is 0.357. The first kappa shape index (κ1) is 12.5. The predicted octanol–water partition coefficient (Wildman–Crippen LogP) is 2.33. The van der Waals surface area contributed by atoms with Gasteiger partial charge in [-0.15, -0.1) is 0 Å². The number of carbonyl (C=O) groups is 1. The summed E-state index contributed by atoms with van der Waals surface area (Å²) in [6, 6.07) is 7.69. The molecule has 4 heteroatoms. The van der Waals surface area contributed by atoms with Crippen LogP contribution in [0.15, 0.2) is 24.3 Å². The number of fused-ring (bicyclic) bond motifs is 1. The number of ether oxygens (including phenoxy) is 1. The van der Waals surface area contributed by atoms with Crippen LogP contribution in [0.1, 0.15) is 23.8 Å².